The standard InChI is InChI=1S/C38H40ClFN6O4/c1-21(2)28-33(50-36(28)48)35(47)46-23-11-12-24(46)19-44(18-23)34-26-17-41-31(25-9-3-7-22-8-4-10-27(39)29(22)25)30(40)32(26)42-37(43-34)49-20-38-13-5-15-45(38)16-6-14-38/h3-4,7-10,17,21,23-24,28,33H,5-6,11-16,18-20H2,1-2H3/t23-,24?,28+,33+/m0/s1. The molecule has 5 aliphatic heterocycles. The zero-order valence-corrected chi connectivity index (χ0v) is 29.0. The number of hydrogen-bond donors (Lipinski definition) is 0. The van der Waals surface area contributed by atoms with Gasteiger partial charge in [0.1, 0.15) is 29.6 Å². The van der Waals surface area contributed by atoms with Gasteiger partial charge >= 0.3 is 12.0 Å². The van der Waals surface area contributed by atoms with Gasteiger partial charge in [-0.2, -0.15) is 9.97 Å². The van der Waals surface area contributed by atoms with Gasteiger partial charge in [-0.1, -0.05) is 55.8 Å². The SMILES string of the molecule is CC(C)[C@H]1C(=O)O[C@H]1C(=O)N1C2CC[C@H]1CN(c1nc(OCC34CCCN3CCC4)nc3c(F)c(-c4cccc5cccc(Cl)c45)ncc13)C2. The van der Waals surface area contributed by atoms with Gasteiger partial charge in [-0.05, 0) is 69.0 Å². The van der Waals surface area contributed by atoms with Crippen molar-refractivity contribution in [1.82, 2.24) is 24.8 Å². The average Bonchev–Trinajstić information content (AvgIpc) is 3.76. The molecule has 2 aromatic carbocycles. The summed E-state index contributed by atoms with van der Waals surface area (Å²) in [5.74, 6) is -0.831. The highest BCUT2D eigenvalue weighted by Crippen LogP contribution is 2.42. The summed E-state index contributed by atoms with van der Waals surface area (Å²) in [4.78, 5) is 46.9. The molecule has 50 heavy (non-hydrogen) atoms. The van der Waals surface area contributed by atoms with E-state index in [0.717, 1.165) is 62.4 Å². The molecule has 4 aromatic rings. The maximum Gasteiger partial charge on any atom is 0.319 e. The Hall–Kier alpha value is -4.09. The van der Waals surface area contributed by atoms with Crippen LogP contribution in [0, 0.1) is 17.7 Å². The van der Waals surface area contributed by atoms with E-state index in [9.17, 15) is 9.59 Å². The highest BCUT2D eigenvalue weighted by Gasteiger charge is 2.54. The van der Waals surface area contributed by atoms with Gasteiger partial charge in [0, 0.05) is 47.3 Å². The molecule has 5 fully saturated rings. The number of aromatic nitrogens is 3. The van der Waals surface area contributed by atoms with Gasteiger partial charge in [-0.15, -0.1) is 0 Å². The van der Waals surface area contributed by atoms with Gasteiger partial charge in [-0.3, -0.25) is 19.5 Å². The summed E-state index contributed by atoms with van der Waals surface area (Å²) < 4.78 is 28.8. The molecule has 4 atom stereocenters. The minimum atomic E-state index is -0.735. The Bertz CT molecular complexity index is 2010. The molecule has 0 radical (unpaired) electrons. The third-order valence-corrected chi connectivity index (χ3v) is 12.2. The lowest BCUT2D eigenvalue weighted by molar-refractivity contribution is -0.197. The van der Waals surface area contributed by atoms with Crippen LogP contribution in [0.5, 0.6) is 6.01 Å². The lowest BCUT2D eigenvalue weighted by atomic mass is 9.85. The second-order valence-electron chi connectivity index (χ2n) is 15.0. The highest BCUT2D eigenvalue weighted by atomic mass is 35.5. The number of piperazine rings is 1. The van der Waals surface area contributed by atoms with E-state index >= 15 is 4.39 Å². The Balaban J connectivity index is 1.09. The van der Waals surface area contributed by atoms with Gasteiger partial charge in [0.25, 0.3) is 5.91 Å². The number of amides is 1. The smallest absolute Gasteiger partial charge is 0.319 e. The van der Waals surface area contributed by atoms with E-state index in [1.807, 2.05) is 49.1 Å². The molecule has 2 aromatic heterocycles. The first-order valence-corrected chi connectivity index (χ1v) is 18.3. The molecule has 7 heterocycles. The minimum Gasteiger partial charge on any atom is -0.461 e. The minimum absolute atomic E-state index is 0.0206. The van der Waals surface area contributed by atoms with Crippen LogP contribution < -0.4 is 9.64 Å². The monoisotopic (exact) mass is 698 g/mol. The van der Waals surface area contributed by atoms with Gasteiger partial charge < -0.3 is 19.3 Å². The average molecular weight is 699 g/mol. The molecular weight excluding hydrogens is 659 g/mol. The summed E-state index contributed by atoms with van der Waals surface area (Å²) in [5.41, 5.74) is 0.846. The second kappa shape index (κ2) is 12.0. The Morgan fingerprint density at radius 3 is 2.50 bits per heavy atom. The Labute approximate surface area is 294 Å². The summed E-state index contributed by atoms with van der Waals surface area (Å²) >= 11 is 6.65. The number of nitrogens with zero attached hydrogens (tertiary/aromatic N) is 6. The summed E-state index contributed by atoms with van der Waals surface area (Å²) in [6, 6.07) is 11.2. The van der Waals surface area contributed by atoms with E-state index in [1.54, 1.807) is 12.3 Å². The van der Waals surface area contributed by atoms with Crippen LogP contribution in [0.2, 0.25) is 5.02 Å². The van der Waals surface area contributed by atoms with Crippen molar-refractivity contribution in [2.24, 2.45) is 11.8 Å². The van der Waals surface area contributed by atoms with Crippen LogP contribution in [0.4, 0.5) is 10.2 Å². The Morgan fingerprint density at radius 2 is 1.80 bits per heavy atom. The number of carbonyl (C=O) groups excluding carboxylic acids is 2. The molecule has 12 heteroatoms. The van der Waals surface area contributed by atoms with Crippen molar-refractivity contribution in [3.05, 3.63) is 53.4 Å². The summed E-state index contributed by atoms with van der Waals surface area (Å²) in [6.07, 6.45) is 6.95. The molecule has 0 N–H and O–H groups in total. The van der Waals surface area contributed by atoms with Crippen LogP contribution in [0.3, 0.4) is 0 Å². The summed E-state index contributed by atoms with van der Waals surface area (Å²) in [5, 5.41) is 2.62. The molecule has 0 saturated carbocycles. The fourth-order valence-electron chi connectivity index (χ4n) is 9.40. The van der Waals surface area contributed by atoms with Crippen LogP contribution in [-0.2, 0) is 14.3 Å². The molecule has 1 unspecified atom stereocenters. The van der Waals surface area contributed by atoms with Gasteiger partial charge in [-0.25, -0.2) is 4.39 Å². The second-order valence-corrected chi connectivity index (χ2v) is 15.4. The van der Waals surface area contributed by atoms with E-state index in [-0.39, 0.29) is 52.6 Å². The number of hydrogen-bond acceptors (Lipinski definition) is 9. The van der Waals surface area contributed by atoms with Crippen LogP contribution >= 0.6 is 11.6 Å². The lowest BCUT2D eigenvalue weighted by Crippen LogP contribution is -2.63. The van der Waals surface area contributed by atoms with Crippen LogP contribution in [0.25, 0.3) is 32.9 Å². The van der Waals surface area contributed by atoms with Gasteiger partial charge in [0.15, 0.2) is 11.9 Å². The molecule has 5 saturated heterocycles. The number of carbonyl (C=O) groups is 2. The Morgan fingerprint density at radius 1 is 1.08 bits per heavy atom. The molecule has 5 aliphatic rings. The van der Waals surface area contributed by atoms with E-state index in [1.165, 1.54) is 0 Å². The maximum absolute atomic E-state index is 16.9. The first-order chi connectivity index (χ1) is 24.2. The largest absolute Gasteiger partial charge is 0.461 e. The summed E-state index contributed by atoms with van der Waals surface area (Å²) in [6.45, 7) is 7.47. The predicted molar refractivity (Wildman–Crippen MR) is 188 cm³/mol. The third kappa shape index (κ3) is 4.94. The number of anilines is 1. The molecular formula is C38H40ClFN6O4. The third-order valence-electron chi connectivity index (χ3n) is 11.9. The molecule has 0 aliphatic carbocycles. The van der Waals surface area contributed by atoms with E-state index in [4.69, 9.17) is 31.0 Å². The zero-order chi connectivity index (χ0) is 34.3. The van der Waals surface area contributed by atoms with Crippen LogP contribution in [0.1, 0.15) is 52.4 Å². The number of pyridine rings is 1. The van der Waals surface area contributed by atoms with Crippen molar-refractivity contribution in [3.8, 4) is 17.3 Å². The zero-order valence-electron chi connectivity index (χ0n) is 28.3. The first-order valence-electron chi connectivity index (χ1n) is 17.9. The molecule has 9 rings (SSSR count). The van der Waals surface area contributed by atoms with Gasteiger partial charge in [0.2, 0.25) is 0 Å². The topological polar surface area (TPSA) is 101 Å². The number of fused-ring (bicyclic) bond motifs is 5. The molecule has 2 bridgehead atoms. The number of benzene rings is 2. The predicted octanol–water partition coefficient (Wildman–Crippen LogP) is 6.02. The van der Waals surface area contributed by atoms with Crippen molar-refractivity contribution in [1.29, 1.82) is 0 Å². The maximum atomic E-state index is 16.9. The molecule has 1 amide bonds. The van der Waals surface area contributed by atoms with E-state index in [0.29, 0.717) is 41.5 Å². The number of rotatable bonds is 7. The number of cyclic esters (lactones) is 1. The van der Waals surface area contributed by atoms with E-state index in [2.05, 4.69) is 14.8 Å². The fraction of sp³-hybridized carbons (Fsp3) is 0.500. The van der Waals surface area contributed by atoms with Gasteiger partial charge in [0.05, 0.1) is 10.9 Å². The normalized spacial score (nSPS) is 25.7. The van der Waals surface area contributed by atoms with Crippen molar-refractivity contribution in [3.63, 3.8) is 0 Å². The lowest BCUT2D eigenvalue weighted by Gasteiger charge is -2.45. The number of halogens is 2. The molecule has 10 nitrogen and oxygen atoms in total. The fourth-order valence-corrected chi connectivity index (χ4v) is 9.69. The number of ether oxygens (including phenoxy) is 2. The van der Waals surface area contributed by atoms with Crippen molar-refractivity contribution in [2.45, 2.75) is 76.1 Å². The Kier molecular flexibility index (Phi) is 7.65. The van der Waals surface area contributed by atoms with Crippen LogP contribution in [0.15, 0.2) is 42.6 Å². The molecule has 0 spiro atoms. The number of esters is 1. The van der Waals surface area contributed by atoms with Crippen molar-refractivity contribution >= 4 is 51.0 Å². The van der Waals surface area contributed by atoms with Crippen molar-refractivity contribution < 1.29 is 23.5 Å². The van der Waals surface area contributed by atoms with Crippen LogP contribution in [-0.4, -0.2) is 93.1 Å². The van der Waals surface area contributed by atoms with Crippen molar-refractivity contribution in [2.75, 3.05) is 37.7 Å². The first kappa shape index (κ1) is 31.9. The quantitative estimate of drug-likeness (QED) is 0.215. The summed E-state index contributed by atoms with van der Waals surface area (Å²) in [7, 11) is 0. The highest BCUT2D eigenvalue weighted by molar-refractivity contribution is 6.36. The molecule has 260 valence electrons. The van der Waals surface area contributed by atoms with E-state index < -0.39 is 17.8 Å².